The van der Waals surface area contributed by atoms with Gasteiger partial charge in [-0.15, -0.1) is 0 Å². The molecule has 0 aliphatic rings. The summed E-state index contributed by atoms with van der Waals surface area (Å²) in [7, 11) is 1.51. The zero-order valence-electron chi connectivity index (χ0n) is 17.8. The van der Waals surface area contributed by atoms with Crippen molar-refractivity contribution in [1.82, 2.24) is 10.6 Å². The van der Waals surface area contributed by atoms with E-state index in [2.05, 4.69) is 17.6 Å². The Bertz CT molecular complexity index is 602. The van der Waals surface area contributed by atoms with Gasteiger partial charge in [-0.05, 0) is 38.5 Å². The van der Waals surface area contributed by atoms with Crippen LogP contribution >= 0.6 is 0 Å². The van der Waals surface area contributed by atoms with E-state index in [0.29, 0.717) is 23.6 Å². The van der Waals surface area contributed by atoms with Crippen LogP contribution in [0.3, 0.4) is 0 Å². The summed E-state index contributed by atoms with van der Waals surface area (Å²) in [5.74, 6) is 0.535. The van der Waals surface area contributed by atoms with Crippen molar-refractivity contribution in [2.45, 2.75) is 71.8 Å². The summed E-state index contributed by atoms with van der Waals surface area (Å²) in [5, 5.41) is 5.70. The molecule has 0 fully saturated rings. The quantitative estimate of drug-likeness (QED) is 0.468. The molecule has 0 heterocycles. The van der Waals surface area contributed by atoms with Crippen molar-refractivity contribution in [2.75, 3.05) is 20.3 Å². The third-order valence-corrected chi connectivity index (χ3v) is 4.30. The highest BCUT2D eigenvalue weighted by molar-refractivity contribution is 5.94. The summed E-state index contributed by atoms with van der Waals surface area (Å²) >= 11 is 0. The number of ether oxygens (including phenoxy) is 2. The van der Waals surface area contributed by atoms with Gasteiger partial charge in [0, 0.05) is 18.2 Å². The van der Waals surface area contributed by atoms with Crippen molar-refractivity contribution in [3.63, 3.8) is 0 Å². The number of rotatable bonds is 14. The summed E-state index contributed by atoms with van der Waals surface area (Å²) in [5.41, 5.74) is 0.513. The minimum atomic E-state index is -0.200. The minimum Gasteiger partial charge on any atom is -0.493 e. The summed E-state index contributed by atoms with van der Waals surface area (Å²) in [4.78, 5) is 24.0. The molecule has 2 amide bonds. The molecule has 0 spiro atoms. The number of unbranched alkanes of at least 4 members (excludes halogenated alkanes) is 6. The highest BCUT2D eigenvalue weighted by atomic mass is 16.5. The van der Waals surface area contributed by atoms with Gasteiger partial charge in [0.05, 0.1) is 7.11 Å². The molecular weight excluding hydrogens is 356 g/mol. The summed E-state index contributed by atoms with van der Waals surface area (Å²) in [6, 6.07) is 5.03. The number of hydrogen-bond acceptors (Lipinski definition) is 4. The van der Waals surface area contributed by atoms with E-state index in [1.54, 1.807) is 18.2 Å². The zero-order valence-corrected chi connectivity index (χ0v) is 17.8. The molecule has 0 aliphatic carbocycles. The lowest BCUT2D eigenvalue weighted by Crippen LogP contribution is -2.34. The standard InChI is InChI=1S/C22H36N2O4/c1-5-6-7-8-9-10-11-14-23-22(26)18-12-13-19(20(15-18)27-4)28-16-21(25)24-17(2)3/h12-13,15,17H,5-11,14,16H2,1-4H3,(H,23,26)(H,24,25). The number of amides is 2. The largest absolute Gasteiger partial charge is 0.493 e. The maximum atomic E-state index is 12.3. The normalized spacial score (nSPS) is 10.6. The lowest BCUT2D eigenvalue weighted by Gasteiger charge is -2.13. The molecule has 6 heteroatoms. The number of methoxy groups -OCH3 is 1. The lowest BCUT2D eigenvalue weighted by molar-refractivity contribution is -0.123. The molecule has 0 atom stereocenters. The van der Waals surface area contributed by atoms with Crippen molar-refractivity contribution in [2.24, 2.45) is 0 Å². The van der Waals surface area contributed by atoms with Crippen molar-refractivity contribution >= 4 is 11.8 Å². The van der Waals surface area contributed by atoms with Gasteiger partial charge in [0.1, 0.15) is 0 Å². The molecule has 0 radical (unpaired) electrons. The zero-order chi connectivity index (χ0) is 20.8. The highest BCUT2D eigenvalue weighted by Crippen LogP contribution is 2.28. The fourth-order valence-electron chi connectivity index (χ4n) is 2.82. The monoisotopic (exact) mass is 392 g/mol. The minimum absolute atomic E-state index is 0.0559. The Morgan fingerprint density at radius 1 is 1.00 bits per heavy atom. The molecule has 0 aromatic heterocycles. The van der Waals surface area contributed by atoms with Crippen molar-refractivity contribution < 1.29 is 19.1 Å². The van der Waals surface area contributed by atoms with Crippen molar-refractivity contribution in [3.05, 3.63) is 23.8 Å². The second-order valence-corrected chi connectivity index (χ2v) is 7.25. The molecule has 0 saturated heterocycles. The van der Waals surface area contributed by atoms with Gasteiger partial charge in [0.2, 0.25) is 0 Å². The number of carbonyl (C=O) groups excluding carboxylic acids is 2. The molecule has 1 aromatic rings. The van der Waals surface area contributed by atoms with Crippen LogP contribution in [0.15, 0.2) is 18.2 Å². The van der Waals surface area contributed by atoms with E-state index >= 15 is 0 Å². The number of hydrogen-bond donors (Lipinski definition) is 2. The number of nitrogens with one attached hydrogen (secondary N) is 2. The van der Waals surface area contributed by atoms with E-state index in [0.717, 1.165) is 12.8 Å². The van der Waals surface area contributed by atoms with Crippen LogP contribution in [0.5, 0.6) is 11.5 Å². The molecular formula is C22H36N2O4. The van der Waals surface area contributed by atoms with Gasteiger partial charge in [-0.25, -0.2) is 0 Å². The maximum absolute atomic E-state index is 12.3. The molecule has 2 N–H and O–H groups in total. The molecule has 0 unspecified atom stereocenters. The smallest absolute Gasteiger partial charge is 0.258 e. The Morgan fingerprint density at radius 3 is 2.32 bits per heavy atom. The van der Waals surface area contributed by atoms with Gasteiger partial charge in [-0.1, -0.05) is 45.4 Å². The average Bonchev–Trinajstić information content (AvgIpc) is 2.67. The number of carbonyl (C=O) groups is 2. The molecule has 0 aliphatic heterocycles. The first kappa shape index (κ1) is 23.8. The molecule has 6 nitrogen and oxygen atoms in total. The first-order chi connectivity index (χ1) is 13.5. The molecule has 158 valence electrons. The van der Waals surface area contributed by atoms with E-state index in [1.165, 1.54) is 39.2 Å². The topological polar surface area (TPSA) is 76.7 Å². The van der Waals surface area contributed by atoms with Gasteiger partial charge in [0.15, 0.2) is 18.1 Å². The number of benzene rings is 1. The maximum Gasteiger partial charge on any atom is 0.258 e. The van der Waals surface area contributed by atoms with Crippen LogP contribution in [-0.2, 0) is 4.79 Å². The Balaban J connectivity index is 2.42. The van der Waals surface area contributed by atoms with E-state index in [9.17, 15) is 9.59 Å². The Labute approximate surface area is 169 Å². The van der Waals surface area contributed by atoms with Gasteiger partial charge >= 0.3 is 0 Å². The Morgan fingerprint density at radius 2 is 1.68 bits per heavy atom. The molecule has 1 rings (SSSR count). The molecule has 1 aromatic carbocycles. The van der Waals surface area contributed by atoms with E-state index in [4.69, 9.17) is 9.47 Å². The van der Waals surface area contributed by atoms with Crippen LogP contribution < -0.4 is 20.1 Å². The lowest BCUT2D eigenvalue weighted by atomic mass is 10.1. The summed E-state index contributed by atoms with van der Waals surface area (Å²) in [6.45, 7) is 6.56. The second-order valence-electron chi connectivity index (χ2n) is 7.25. The van der Waals surface area contributed by atoms with Crippen LogP contribution in [0.1, 0.15) is 76.1 Å². The van der Waals surface area contributed by atoms with Crippen LogP contribution in [0.2, 0.25) is 0 Å². The van der Waals surface area contributed by atoms with Crippen molar-refractivity contribution in [3.8, 4) is 11.5 Å². The first-order valence-corrected chi connectivity index (χ1v) is 10.4. The third-order valence-electron chi connectivity index (χ3n) is 4.30. The second kappa shape index (κ2) is 13.9. The Hall–Kier alpha value is -2.24. The van der Waals surface area contributed by atoms with E-state index in [-0.39, 0.29) is 24.5 Å². The average molecular weight is 393 g/mol. The predicted octanol–water partition coefficient (Wildman–Crippen LogP) is 4.08. The molecule has 28 heavy (non-hydrogen) atoms. The summed E-state index contributed by atoms with van der Waals surface area (Å²) < 4.78 is 10.8. The van der Waals surface area contributed by atoms with Gasteiger partial charge in [0.25, 0.3) is 11.8 Å². The summed E-state index contributed by atoms with van der Waals surface area (Å²) in [6.07, 6.45) is 8.49. The van der Waals surface area contributed by atoms with E-state index < -0.39 is 0 Å². The fourth-order valence-corrected chi connectivity index (χ4v) is 2.82. The van der Waals surface area contributed by atoms with E-state index in [1.807, 2.05) is 13.8 Å². The first-order valence-electron chi connectivity index (χ1n) is 10.4. The molecule has 0 bridgehead atoms. The van der Waals surface area contributed by atoms with Crippen LogP contribution in [0.25, 0.3) is 0 Å². The Kier molecular flexibility index (Phi) is 11.8. The molecule has 0 saturated carbocycles. The third kappa shape index (κ3) is 9.62. The van der Waals surface area contributed by atoms with Crippen LogP contribution in [0.4, 0.5) is 0 Å². The SMILES string of the molecule is CCCCCCCCCNC(=O)c1ccc(OCC(=O)NC(C)C)c(OC)c1. The fraction of sp³-hybridized carbons (Fsp3) is 0.636. The highest BCUT2D eigenvalue weighted by Gasteiger charge is 2.12. The predicted molar refractivity (Wildman–Crippen MR) is 112 cm³/mol. The van der Waals surface area contributed by atoms with Gasteiger partial charge < -0.3 is 20.1 Å². The van der Waals surface area contributed by atoms with Crippen LogP contribution in [-0.4, -0.2) is 38.1 Å². The van der Waals surface area contributed by atoms with Crippen LogP contribution in [0, 0.1) is 0 Å². The van der Waals surface area contributed by atoms with Crippen molar-refractivity contribution in [1.29, 1.82) is 0 Å². The van der Waals surface area contributed by atoms with Gasteiger partial charge in [-0.3, -0.25) is 9.59 Å². The van der Waals surface area contributed by atoms with Gasteiger partial charge in [-0.2, -0.15) is 0 Å².